The van der Waals surface area contributed by atoms with Gasteiger partial charge in [0.15, 0.2) is 0 Å². The maximum atomic E-state index is 4.18. The predicted octanol–water partition coefficient (Wildman–Crippen LogP) is 2.38. The number of aliphatic imine (C=N–C) groups is 1. The molecule has 0 aliphatic rings. The molecule has 0 saturated heterocycles. The summed E-state index contributed by atoms with van der Waals surface area (Å²) in [5.74, 6) is 0. The molecule has 0 amide bonds. The summed E-state index contributed by atoms with van der Waals surface area (Å²) in [6.45, 7) is 6.74. The third kappa shape index (κ3) is 12.7. The minimum absolute atomic E-state index is 0. The molecule has 0 N–H and O–H groups in total. The van der Waals surface area contributed by atoms with E-state index in [1.165, 1.54) is 25.7 Å². The zero-order valence-corrected chi connectivity index (χ0v) is 7.42. The molecule has 1 radical (unpaired) electrons. The first-order valence-corrected chi connectivity index (χ1v) is 4.36. The summed E-state index contributed by atoms with van der Waals surface area (Å²) in [6.07, 6.45) is 10.6. The Balaban J connectivity index is 0. The van der Waals surface area contributed by atoms with Gasteiger partial charge in [-0.05, 0) is 19.4 Å². The molecule has 0 fully saturated rings. The van der Waals surface area contributed by atoms with Crippen LogP contribution >= 0.6 is 0 Å². The van der Waals surface area contributed by atoms with E-state index in [1.807, 2.05) is 12.3 Å². The van der Waals surface area contributed by atoms with Crippen molar-refractivity contribution in [1.82, 2.24) is 0 Å². The van der Waals surface area contributed by atoms with Crippen LogP contribution in [0.5, 0.6) is 0 Å². The van der Waals surface area contributed by atoms with E-state index < -0.39 is 0 Å². The molecule has 0 aromatic heterocycles. The molecule has 0 heterocycles. The Kier molecular flexibility index (Phi) is 16.4. The van der Waals surface area contributed by atoms with E-state index in [0.717, 1.165) is 6.54 Å². The minimum atomic E-state index is 0. The summed E-state index contributed by atoms with van der Waals surface area (Å²) < 4.78 is 0. The molecule has 0 unspecified atom stereocenters. The normalized spacial score (nSPS) is 10.8. The van der Waals surface area contributed by atoms with E-state index in [0.29, 0.717) is 0 Å². The van der Waals surface area contributed by atoms with Crippen molar-refractivity contribution in [3.8, 4) is 0 Å². The molecule has 0 saturated carbocycles. The van der Waals surface area contributed by atoms with E-state index in [9.17, 15) is 0 Å². The Morgan fingerprint density at radius 3 is 2.58 bits per heavy atom. The van der Waals surface area contributed by atoms with E-state index in [2.05, 4.69) is 18.8 Å². The SMILES string of the molecule is [CH2]C=CC=NCCCCCC.[LiH]. The molecule has 0 spiro atoms. The van der Waals surface area contributed by atoms with Gasteiger partial charge in [-0.25, -0.2) is 0 Å². The van der Waals surface area contributed by atoms with Crippen molar-refractivity contribution in [3.05, 3.63) is 19.1 Å². The van der Waals surface area contributed by atoms with Crippen LogP contribution in [0.1, 0.15) is 32.6 Å². The summed E-state index contributed by atoms with van der Waals surface area (Å²) in [5.41, 5.74) is 0. The second-order valence-corrected chi connectivity index (χ2v) is 2.54. The Bertz CT molecular complexity index is 119. The first-order chi connectivity index (χ1) is 5.41. The summed E-state index contributed by atoms with van der Waals surface area (Å²) in [5, 5.41) is 0. The molecule has 0 aliphatic heterocycles. The summed E-state index contributed by atoms with van der Waals surface area (Å²) >= 11 is 0. The predicted molar refractivity (Wildman–Crippen MR) is 59.1 cm³/mol. The third-order valence-electron chi connectivity index (χ3n) is 1.47. The number of rotatable bonds is 6. The summed E-state index contributed by atoms with van der Waals surface area (Å²) in [4.78, 5) is 4.18. The second-order valence-electron chi connectivity index (χ2n) is 2.54. The molecule has 12 heavy (non-hydrogen) atoms. The molecule has 2 heteroatoms. The van der Waals surface area contributed by atoms with Crippen LogP contribution < -0.4 is 0 Å². The van der Waals surface area contributed by atoms with E-state index in [-0.39, 0.29) is 18.9 Å². The number of hydrogen-bond donors (Lipinski definition) is 0. The molecular weight excluding hydrogens is 141 g/mol. The molecular formula is C10H19LiN. The van der Waals surface area contributed by atoms with Gasteiger partial charge in [0.05, 0.1) is 0 Å². The fourth-order valence-electron chi connectivity index (χ4n) is 0.826. The molecule has 0 bridgehead atoms. The van der Waals surface area contributed by atoms with Crippen LogP contribution in [-0.2, 0) is 0 Å². The maximum absolute atomic E-state index is 4.18. The topological polar surface area (TPSA) is 12.4 Å². The van der Waals surface area contributed by atoms with Crippen molar-refractivity contribution in [1.29, 1.82) is 0 Å². The molecule has 0 aromatic rings. The van der Waals surface area contributed by atoms with Crippen LogP contribution in [0.4, 0.5) is 0 Å². The van der Waals surface area contributed by atoms with Gasteiger partial charge in [0.2, 0.25) is 0 Å². The van der Waals surface area contributed by atoms with Gasteiger partial charge in [0.25, 0.3) is 0 Å². The average Bonchev–Trinajstić information content (AvgIpc) is 2.03. The van der Waals surface area contributed by atoms with Crippen molar-refractivity contribution < 1.29 is 0 Å². The van der Waals surface area contributed by atoms with E-state index in [4.69, 9.17) is 0 Å². The Hall–Kier alpha value is 0.00740. The number of nitrogens with zero attached hydrogens (tertiary/aromatic N) is 1. The summed E-state index contributed by atoms with van der Waals surface area (Å²) in [6, 6.07) is 0. The standard InChI is InChI=1S/C10H18N.Li.H/c1-3-5-7-8-10-11-9-6-4-2;;/h4,6,9H,2-3,5,7-8,10H2,1H3;;. The summed E-state index contributed by atoms with van der Waals surface area (Å²) in [7, 11) is 0. The van der Waals surface area contributed by atoms with Gasteiger partial charge in [-0.1, -0.05) is 32.3 Å². The van der Waals surface area contributed by atoms with Crippen molar-refractivity contribution in [2.75, 3.05) is 6.54 Å². The van der Waals surface area contributed by atoms with Crippen molar-refractivity contribution in [2.24, 2.45) is 4.99 Å². The van der Waals surface area contributed by atoms with Gasteiger partial charge < -0.3 is 0 Å². The molecule has 65 valence electrons. The first-order valence-electron chi connectivity index (χ1n) is 4.36. The van der Waals surface area contributed by atoms with Crippen LogP contribution in [-0.4, -0.2) is 31.6 Å². The fraction of sp³-hybridized carbons (Fsp3) is 0.600. The fourth-order valence-corrected chi connectivity index (χ4v) is 0.826. The number of unbranched alkanes of at least 4 members (excludes halogenated alkanes) is 3. The molecule has 0 atom stereocenters. The van der Waals surface area contributed by atoms with Gasteiger partial charge in [-0.15, -0.1) is 0 Å². The molecule has 0 rings (SSSR count). The molecule has 1 nitrogen and oxygen atoms in total. The molecule has 0 aromatic carbocycles. The van der Waals surface area contributed by atoms with Crippen LogP contribution in [0.25, 0.3) is 0 Å². The Labute approximate surface area is 88.5 Å². The Morgan fingerprint density at radius 1 is 1.25 bits per heavy atom. The first kappa shape index (κ1) is 14.5. The number of allylic oxidation sites excluding steroid dienone is 2. The third-order valence-corrected chi connectivity index (χ3v) is 1.47. The van der Waals surface area contributed by atoms with Gasteiger partial charge in [0, 0.05) is 12.8 Å². The van der Waals surface area contributed by atoms with Crippen LogP contribution in [0.15, 0.2) is 17.1 Å². The average molecular weight is 160 g/mol. The zero-order valence-electron chi connectivity index (χ0n) is 7.42. The van der Waals surface area contributed by atoms with Crippen LogP contribution in [0, 0.1) is 6.92 Å². The van der Waals surface area contributed by atoms with Gasteiger partial charge in [-0.3, -0.25) is 4.99 Å². The van der Waals surface area contributed by atoms with Crippen LogP contribution in [0.3, 0.4) is 0 Å². The quantitative estimate of drug-likeness (QED) is 0.321. The number of hydrogen-bond acceptors (Lipinski definition) is 1. The van der Waals surface area contributed by atoms with Crippen molar-refractivity contribution in [2.45, 2.75) is 32.6 Å². The van der Waals surface area contributed by atoms with Gasteiger partial charge >= 0.3 is 18.9 Å². The second kappa shape index (κ2) is 13.6. The zero-order chi connectivity index (χ0) is 8.36. The van der Waals surface area contributed by atoms with Crippen LogP contribution in [0.2, 0.25) is 0 Å². The Morgan fingerprint density at radius 2 is 2.00 bits per heavy atom. The molecule has 0 aliphatic carbocycles. The monoisotopic (exact) mass is 160 g/mol. The van der Waals surface area contributed by atoms with E-state index >= 15 is 0 Å². The van der Waals surface area contributed by atoms with E-state index in [1.54, 1.807) is 6.08 Å². The van der Waals surface area contributed by atoms with Gasteiger partial charge in [0.1, 0.15) is 0 Å². The van der Waals surface area contributed by atoms with Crippen molar-refractivity contribution in [3.63, 3.8) is 0 Å². The van der Waals surface area contributed by atoms with Crippen molar-refractivity contribution >= 4 is 25.1 Å². The van der Waals surface area contributed by atoms with Gasteiger partial charge in [-0.2, -0.15) is 0 Å².